The van der Waals surface area contributed by atoms with Gasteiger partial charge in [-0.1, -0.05) is 24.0 Å². The molecule has 1 heterocycles. The molecule has 0 aromatic heterocycles. The number of carbonyl (C=O) groups is 2. The zero-order chi connectivity index (χ0) is 15.2. The molecule has 0 spiro atoms. The maximum atomic E-state index is 11.8. The molecule has 1 aromatic carbocycles. The molecule has 5 nitrogen and oxygen atoms in total. The Hall–Kier alpha value is -1.60. The molecule has 1 saturated heterocycles. The minimum Gasteiger partial charge on any atom is -0.366 e. The Morgan fingerprint density at radius 3 is 2.43 bits per heavy atom. The molecule has 0 aliphatic carbocycles. The van der Waals surface area contributed by atoms with Gasteiger partial charge in [0.25, 0.3) is 0 Å². The van der Waals surface area contributed by atoms with Gasteiger partial charge < -0.3 is 16.0 Å². The van der Waals surface area contributed by atoms with Crippen LogP contribution in [-0.2, 0) is 4.79 Å². The second kappa shape index (κ2) is 7.42. The summed E-state index contributed by atoms with van der Waals surface area (Å²) < 4.78 is 0.784. The molecule has 0 saturated carbocycles. The molecule has 0 unspecified atom stereocenters. The molecule has 112 valence electrons. The van der Waals surface area contributed by atoms with E-state index in [-0.39, 0.29) is 11.7 Å². The first-order chi connectivity index (χ1) is 10.1. The number of rotatable bonds is 4. The van der Waals surface area contributed by atoms with Crippen LogP contribution >= 0.6 is 24.0 Å². The summed E-state index contributed by atoms with van der Waals surface area (Å²) in [6, 6.07) is 6.48. The number of amides is 2. The van der Waals surface area contributed by atoms with E-state index in [1.165, 1.54) is 24.6 Å². The van der Waals surface area contributed by atoms with E-state index < -0.39 is 5.91 Å². The van der Waals surface area contributed by atoms with Crippen LogP contribution in [0.5, 0.6) is 0 Å². The topological polar surface area (TPSA) is 75.4 Å². The Morgan fingerprint density at radius 1 is 1.24 bits per heavy atom. The summed E-state index contributed by atoms with van der Waals surface area (Å²) >= 11 is 6.68. The first kappa shape index (κ1) is 15.8. The summed E-state index contributed by atoms with van der Waals surface area (Å²) in [6.07, 6.45) is 2.33. The van der Waals surface area contributed by atoms with Crippen LogP contribution in [0, 0.1) is 0 Å². The molecule has 0 radical (unpaired) electrons. The van der Waals surface area contributed by atoms with Crippen molar-refractivity contribution < 1.29 is 9.59 Å². The van der Waals surface area contributed by atoms with Crippen LogP contribution in [0.2, 0.25) is 0 Å². The number of likely N-dealkylation sites (tertiary alicyclic amines) is 1. The van der Waals surface area contributed by atoms with E-state index in [0.717, 1.165) is 17.4 Å². The minimum atomic E-state index is -0.487. The summed E-state index contributed by atoms with van der Waals surface area (Å²) in [4.78, 5) is 24.9. The van der Waals surface area contributed by atoms with Gasteiger partial charge >= 0.3 is 0 Å². The largest absolute Gasteiger partial charge is 0.366 e. The number of nitrogens with one attached hydrogen (secondary N) is 1. The Kier molecular flexibility index (Phi) is 5.58. The fourth-order valence-electron chi connectivity index (χ4n) is 2.03. The van der Waals surface area contributed by atoms with E-state index >= 15 is 0 Å². The summed E-state index contributed by atoms with van der Waals surface area (Å²) in [7, 11) is 0. The summed E-state index contributed by atoms with van der Waals surface area (Å²) in [5.74, 6) is -0.319. The number of hydrogen-bond donors (Lipinski definition) is 2. The molecule has 0 bridgehead atoms. The fraction of sp³-hybridized carbons (Fsp3) is 0.357. The van der Waals surface area contributed by atoms with E-state index in [4.69, 9.17) is 18.0 Å². The highest BCUT2D eigenvalue weighted by atomic mass is 32.2. The van der Waals surface area contributed by atoms with Crippen LogP contribution in [0.4, 0.5) is 5.69 Å². The molecular weight excluding hydrogens is 306 g/mol. The lowest BCUT2D eigenvalue weighted by Gasteiger charge is -2.17. The smallest absolute Gasteiger partial charge is 0.248 e. The summed E-state index contributed by atoms with van der Waals surface area (Å²) in [5.41, 5.74) is 6.21. The van der Waals surface area contributed by atoms with Crippen molar-refractivity contribution in [3.8, 4) is 0 Å². The molecule has 0 atom stereocenters. The van der Waals surface area contributed by atoms with E-state index in [9.17, 15) is 9.59 Å². The predicted molar refractivity (Wildman–Crippen MR) is 89.5 cm³/mol. The molecule has 1 aromatic rings. The number of primary amides is 1. The molecule has 7 heteroatoms. The van der Waals surface area contributed by atoms with Crippen molar-refractivity contribution in [2.45, 2.75) is 12.8 Å². The molecule has 1 fully saturated rings. The molecule has 2 rings (SSSR count). The highest BCUT2D eigenvalue weighted by molar-refractivity contribution is 8.23. The third-order valence-corrected chi connectivity index (χ3v) is 4.67. The number of hydrogen-bond acceptors (Lipinski definition) is 4. The van der Waals surface area contributed by atoms with Crippen LogP contribution in [0.1, 0.15) is 23.2 Å². The van der Waals surface area contributed by atoms with Crippen molar-refractivity contribution in [2.75, 3.05) is 24.2 Å². The van der Waals surface area contributed by atoms with Crippen LogP contribution in [0.15, 0.2) is 24.3 Å². The molecule has 21 heavy (non-hydrogen) atoms. The number of anilines is 1. The van der Waals surface area contributed by atoms with Crippen LogP contribution in [0.3, 0.4) is 0 Å². The monoisotopic (exact) mass is 323 g/mol. The third-order valence-electron chi connectivity index (χ3n) is 3.14. The zero-order valence-corrected chi connectivity index (χ0v) is 13.1. The second-order valence-electron chi connectivity index (χ2n) is 4.74. The molecule has 1 aliphatic heterocycles. The maximum absolute atomic E-state index is 11.8. The lowest BCUT2D eigenvalue weighted by Crippen LogP contribution is -2.25. The minimum absolute atomic E-state index is 0.117. The SMILES string of the molecule is NC(=O)c1ccc(NC(=O)CSC(=S)N2CCCC2)cc1. The van der Waals surface area contributed by atoms with E-state index in [1.54, 1.807) is 24.3 Å². The van der Waals surface area contributed by atoms with Gasteiger partial charge in [0.1, 0.15) is 4.32 Å². The number of thiocarbonyl (C=S) groups is 1. The van der Waals surface area contributed by atoms with Crippen molar-refractivity contribution >= 4 is 45.8 Å². The molecular formula is C14H17N3O2S2. The number of carbonyl (C=O) groups excluding carboxylic acids is 2. The number of benzene rings is 1. The summed E-state index contributed by atoms with van der Waals surface area (Å²) in [6.45, 7) is 1.98. The Bertz CT molecular complexity index is 540. The van der Waals surface area contributed by atoms with Crippen molar-refractivity contribution in [1.82, 2.24) is 4.90 Å². The average molecular weight is 323 g/mol. The van der Waals surface area contributed by atoms with Gasteiger partial charge in [-0.05, 0) is 37.1 Å². The van der Waals surface area contributed by atoms with Crippen LogP contribution in [0.25, 0.3) is 0 Å². The van der Waals surface area contributed by atoms with Gasteiger partial charge in [0.05, 0.1) is 5.75 Å². The Morgan fingerprint density at radius 2 is 1.86 bits per heavy atom. The predicted octanol–water partition coefficient (Wildman–Crippen LogP) is 1.84. The average Bonchev–Trinajstić information content (AvgIpc) is 2.99. The van der Waals surface area contributed by atoms with Gasteiger partial charge in [0, 0.05) is 24.3 Å². The first-order valence-electron chi connectivity index (χ1n) is 6.67. The van der Waals surface area contributed by atoms with Crippen LogP contribution < -0.4 is 11.1 Å². The summed E-state index contributed by atoms with van der Waals surface area (Å²) in [5, 5.41) is 2.76. The van der Waals surface area contributed by atoms with E-state index in [2.05, 4.69) is 10.2 Å². The van der Waals surface area contributed by atoms with Gasteiger partial charge in [-0.2, -0.15) is 0 Å². The van der Waals surface area contributed by atoms with Crippen molar-refractivity contribution in [2.24, 2.45) is 5.73 Å². The van der Waals surface area contributed by atoms with Gasteiger partial charge in [-0.3, -0.25) is 9.59 Å². The quantitative estimate of drug-likeness (QED) is 0.827. The van der Waals surface area contributed by atoms with Crippen molar-refractivity contribution in [3.05, 3.63) is 29.8 Å². The highest BCUT2D eigenvalue weighted by Gasteiger charge is 2.16. The van der Waals surface area contributed by atoms with Gasteiger partial charge in [0.2, 0.25) is 11.8 Å². The normalized spacial score (nSPS) is 14.0. The Balaban J connectivity index is 1.78. The van der Waals surface area contributed by atoms with E-state index in [1.807, 2.05) is 0 Å². The van der Waals surface area contributed by atoms with Crippen molar-refractivity contribution in [1.29, 1.82) is 0 Å². The second-order valence-corrected chi connectivity index (χ2v) is 6.35. The van der Waals surface area contributed by atoms with Gasteiger partial charge in [-0.15, -0.1) is 0 Å². The number of nitrogens with zero attached hydrogens (tertiary/aromatic N) is 1. The molecule has 2 amide bonds. The standard InChI is InChI=1S/C14H17N3O2S2/c15-13(19)10-3-5-11(6-4-10)16-12(18)9-21-14(20)17-7-1-2-8-17/h3-6H,1-2,7-9H2,(H2,15,19)(H,16,18). The first-order valence-corrected chi connectivity index (χ1v) is 8.07. The fourth-order valence-corrected chi connectivity index (χ4v) is 3.08. The van der Waals surface area contributed by atoms with E-state index in [0.29, 0.717) is 11.3 Å². The lowest BCUT2D eigenvalue weighted by molar-refractivity contribution is -0.113. The maximum Gasteiger partial charge on any atom is 0.248 e. The zero-order valence-electron chi connectivity index (χ0n) is 11.5. The van der Waals surface area contributed by atoms with Gasteiger partial charge in [-0.25, -0.2) is 0 Å². The third kappa shape index (κ3) is 4.71. The lowest BCUT2D eigenvalue weighted by atomic mass is 10.2. The number of thioether (sulfide) groups is 1. The van der Waals surface area contributed by atoms with Crippen LogP contribution in [-0.4, -0.2) is 39.9 Å². The Labute approximate surface area is 133 Å². The number of nitrogens with two attached hydrogens (primary N) is 1. The van der Waals surface area contributed by atoms with Crippen molar-refractivity contribution in [3.63, 3.8) is 0 Å². The highest BCUT2D eigenvalue weighted by Crippen LogP contribution is 2.16. The molecule has 3 N–H and O–H groups in total. The molecule has 1 aliphatic rings. The van der Waals surface area contributed by atoms with Gasteiger partial charge in [0.15, 0.2) is 0 Å².